The maximum absolute atomic E-state index is 12.5. The molecular weight excluding hydrogens is 136 g/mol. The summed E-state index contributed by atoms with van der Waals surface area (Å²) in [6.07, 6.45) is 0. The van der Waals surface area contributed by atoms with Crippen molar-refractivity contribution < 1.29 is 4.39 Å². The van der Waals surface area contributed by atoms with Crippen LogP contribution in [-0.2, 0) is 0 Å². The second kappa shape index (κ2) is 2.79. The fraction of sp³-hybridized carbons (Fsp3) is 0. The zero-order valence-electron chi connectivity index (χ0n) is 4.76. The van der Waals surface area contributed by atoms with E-state index in [1.165, 1.54) is 6.07 Å². The Bertz CT molecular complexity index is 202. The highest BCUT2D eigenvalue weighted by atomic mass is 31.0. The Labute approximate surface area is 55.5 Å². The average molecular weight is 143 g/mol. The molecule has 0 aliphatic carbocycles. The van der Waals surface area contributed by atoms with E-state index in [4.69, 9.17) is 0 Å². The molecule has 1 rings (SSSR count). The number of anilines is 1. The summed E-state index contributed by atoms with van der Waals surface area (Å²) in [5.41, 5.74) is 0.502. The summed E-state index contributed by atoms with van der Waals surface area (Å²) in [7, 11) is 2.24. The van der Waals surface area contributed by atoms with Gasteiger partial charge in [0.05, 0.1) is 5.69 Å². The second-order valence-corrected chi connectivity index (χ2v) is 1.91. The first-order valence-electron chi connectivity index (χ1n) is 2.56. The Hall–Kier alpha value is -0.620. The van der Waals surface area contributed by atoms with Crippen LogP contribution in [0.1, 0.15) is 0 Å². The first-order chi connectivity index (χ1) is 4.34. The molecule has 0 saturated heterocycles. The lowest BCUT2D eigenvalue weighted by molar-refractivity contribution is 0.632. The predicted octanol–water partition coefficient (Wildman–Crippen LogP) is 2.03. The van der Waals surface area contributed by atoms with E-state index < -0.39 is 0 Å². The van der Waals surface area contributed by atoms with E-state index in [1.54, 1.807) is 18.2 Å². The molecule has 1 N–H and O–H groups in total. The van der Waals surface area contributed by atoms with Crippen molar-refractivity contribution in [1.29, 1.82) is 0 Å². The lowest BCUT2D eigenvalue weighted by atomic mass is 10.3. The maximum Gasteiger partial charge on any atom is 0.146 e. The molecule has 3 heteroatoms. The minimum Gasteiger partial charge on any atom is -0.367 e. The number of rotatable bonds is 1. The Morgan fingerprint density at radius 2 is 2.00 bits per heavy atom. The molecule has 0 radical (unpaired) electrons. The van der Waals surface area contributed by atoms with Crippen molar-refractivity contribution in [3.63, 3.8) is 0 Å². The number of hydrogen-bond donors (Lipinski definition) is 1. The van der Waals surface area contributed by atoms with Crippen LogP contribution in [0.4, 0.5) is 10.1 Å². The molecule has 0 aliphatic rings. The molecule has 0 fully saturated rings. The molecule has 0 amide bonds. The molecule has 9 heavy (non-hydrogen) atoms. The van der Waals surface area contributed by atoms with Crippen molar-refractivity contribution in [3.05, 3.63) is 30.1 Å². The van der Waals surface area contributed by atoms with Crippen LogP contribution in [0.25, 0.3) is 0 Å². The average Bonchev–Trinajstić information content (AvgIpc) is 1.89. The minimum atomic E-state index is -0.229. The van der Waals surface area contributed by atoms with Gasteiger partial charge in [-0.3, -0.25) is 0 Å². The third-order valence-corrected chi connectivity index (χ3v) is 1.34. The van der Waals surface area contributed by atoms with Crippen LogP contribution in [0.3, 0.4) is 0 Å². The standard InChI is InChI=1S/C6H7FNP/c7-5-3-1-2-4-6(5)8-9/h1-4,8H,9H2. The molecule has 1 nitrogen and oxygen atoms in total. The Morgan fingerprint density at radius 1 is 1.33 bits per heavy atom. The summed E-state index contributed by atoms with van der Waals surface area (Å²) >= 11 is 0. The highest BCUT2D eigenvalue weighted by molar-refractivity contribution is 7.18. The van der Waals surface area contributed by atoms with Crippen molar-refractivity contribution in [1.82, 2.24) is 0 Å². The van der Waals surface area contributed by atoms with Crippen LogP contribution in [0.2, 0.25) is 0 Å². The summed E-state index contributed by atoms with van der Waals surface area (Å²) in [5, 5.41) is 2.64. The predicted molar refractivity (Wildman–Crippen MR) is 39.7 cm³/mol. The quantitative estimate of drug-likeness (QED) is 0.593. The lowest BCUT2D eigenvalue weighted by Gasteiger charge is -1.97. The van der Waals surface area contributed by atoms with Crippen LogP contribution >= 0.6 is 9.39 Å². The highest BCUT2D eigenvalue weighted by Crippen LogP contribution is 2.13. The smallest absolute Gasteiger partial charge is 0.146 e. The Kier molecular flexibility index (Phi) is 2.01. The number of benzene rings is 1. The molecule has 1 aromatic rings. The number of nitrogens with one attached hydrogen (secondary N) is 1. The van der Waals surface area contributed by atoms with Crippen LogP contribution in [-0.4, -0.2) is 0 Å². The summed E-state index contributed by atoms with van der Waals surface area (Å²) in [4.78, 5) is 0. The van der Waals surface area contributed by atoms with Gasteiger partial charge in [-0.2, -0.15) is 0 Å². The van der Waals surface area contributed by atoms with E-state index >= 15 is 0 Å². The molecule has 0 aromatic heterocycles. The molecule has 0 saturated carbocycles. The van der Waals surface area contributed by atoms with Gasteiger partial charge in [0.25, 0.3) is 0 Å². The van der Waals surface area contributed by atoms with E-state index in [1.807, 2.05) is 0 Å². The highest BCUT2D eigenvalue weighted by Gasteiger charge is 1.93. The van der Waals surface area contributed by atoms with E-state index in [-0.39, 0.29) is 5.82 Å². The van der Waals surface area contributed by atoms with Crippen molar-refractivity contribution in [3.8, 4) is 0 Å². The van der Waals surface area contributed by atoms with E-state index in [0.717, 1.165) is 0 Å². The van der Waals surface area contributed by atoms with Gasteiger partial charge < -0.3 is 5.09 Å². The maximum atomic E-state index is 12.5. The summed E-state index contributed by atoms with van der Waals surface area (Å²) in [5.74, 6) is -0.229. The van der Waals surface area contributed by atoms with Gasteiger partial charge in [-0.15, -0.1) is 0 Å². The molecule has 0 heterocycles. The van der Waals surface area contributed by atoms with Gasteiger partial charge >= 0.3 is 0 Å². The molecular formula is C6H7FNP. The van der Waals surface area contributed by atoms with Crippen molar-refractivity contribution in [2.24, 2.45) is 0 Å². The van der Waals surface area contributed by atoms with Crippen LogP contribution in [0, 0.1) is 5.82 Å². The minimum absolute atomic E-state index is 0.229. The SMILES string of the molecule is Fc1ccccc1NP. The van der Waals surface area contributed by atoms with Gasteiger partial charge in [-0.25, -0.2) is 4.39 Å². The molecule has 0 spiro atoms. The van der Waals surface area contributed by atoms with Crippen LogP contribution in [0.15, 0.2) is 24.3 Å². The monoisotopic (exact) mass is 143 g/mol. The third-order valence-electron chi connectivity index (χ3n) is 1.03. The first kappa shape index (κ1) is 6.50. The molecule has 48 valence electrons. The largest absolute Gasteiger partial charge is 0.367 e. The Balaban J connectivity index is 3.01. The number of halogens is 1. The zero-order chi connectivity index (χ0) is 6.69. The topological polar surface area (TPSA) is 12.0 Å². The summed E-state index contributed by atoms with van der Waals surface area (Å²) in [6, 6.07) is 6.51. The fourth-order valence-electron chi connectivity index (χ4n) is 0.578. The summed E-state index contributed by atoms with van der Waals surface area (Å²) in [6.45, 7) is 0. The molecule has 0 aliphatic heterocycles. The second-order valence-electron chi connectivity index (χ2n) is 1.62. The third kappa shape index (κ3) is 1.39. The lowest BCUT2D eigenvalue weighted by Crippen LogP contribution is -1.82. The fourth-order valence-corrected chi connectivity index (χ4v) is 0.812. The van der Waals surface area contributed by atoms with Crippen LogP contribution < -0.4 is 5.09 Å². The Morgan fingerprint density at radius 3 is 2.44 bits per heavy atom. The van der Waals surface area contributed by atoms with Gasteiger partial charge in [0, 0.05) is 0 Å². The van der Waals surface area contributed by atoms with E-state index in [0.29, 0.717) is 5.69 Å². The molecule has 0 bridgehead atoms. The molecule has 1 atom stereocenters. The first-order valence-corrected chi connectivity index (χ1v) is 3.13. The number of hydrogen-bond acceptors (Lipinski definition) is 1. The van der Waals surface area contributed by atoms with Gasteiger partial charge in [-0.05, 0) is 21.5 Å². The number of para-hydroxylation sites is 1. The van der Waals surface area contributed by atoms with Gasteiger partial charge in [0.15, 0.2) is 0 Å². The van der Waals surface area contributed by atoms with Crippen LogP contribution in [0.5, 0.6) is 0 Å². The van der Waals surface area contributed by atoms with Gasteiger partial charge in [0.1, 0.15) is 5.82 Å². The van der Waals surface area contributed by atoms with E-state index in [2.05, 4.69) is 14.5 Å². The van der Waals surface area contributed by atoms with Crippen molar-refractivity contribution >= 4 is 15.1 Å². The van der Waals surface area contributed by atoms with Crippen molar-refractivity contribution in [2.45, 2.75) is 0 Å². The molecule has 1 unspecified atom stereocenters. The van der Waals surface area contributed by atoms with Crippen molar-refractivity contribution in [2.75, 3.05) is 5.09 Å². The van der Waals surface area contributed by atoms with E-state index in [9.17, 15) is 4.39 Å². The van der Waals surface area contributed by atoms with Gasteiger partial charge in [-0.1, -0.05) is 12.1 Å². The normalized spacial score (nSPS) is 9.11. The zero-order valence-corrected chi connectivity index (χ0v) is 5.92. The van der Waals surface area contributed by atoms with Gasteiger partial charge in [0.2, 0.25) is 0 Å². The molecule has 1 aromatic carbocycles. The summed E-state index contributed by atoms with van der Waals surface area (Å²) < 4.78 is 12.5.